The SMILES string of the molecule is CCNc1cc(NCc2ccc(C)s2)nc(C(C)(C)C)n1. The standard InChI is InChI=1S/C16H24N4S/c1-6-17-13-9-14(20-15(19-13)16(3,4)5)18-10-12-8-7-11(2)21-12/h7-9H,6,10H2,1-5H3,(H2,17,18,19,20). The van der Waals surface area contributed by atoms with Gasteiger partial charge in [0.05, 0.1) is 6.54 Å². The van der Waals surface area contributed by atoms with Gasteiger partial charge in [0.15, 0.2) is 0 Å². The van der Waals surface area contributed by atoms with Gasteiger partial charge in [-0.15, -0.1) is 11.3 Å². The number of nitrogens with one attached hydrogen (secondary N) is 2. The summed E-state index contributed by atoms with van der Waals surface area (Å²) in [5.74, 6) is 2.60. The minimum Gasteiger partial charge on any atom is -0.370 e. The van der Waals surface area contributed by atoms with Gasteiger partial charge in [-0.05, 0) is 26.0 Å². The van der Waals surface area contributed by atoms with Gasteiger partial charge >= 0.3 is 0 Å². The molecule has 2 heterocycles. The molecule has 2 aromatic rings. The van der Waals surface area contributed by atoms with Crippen molar-refractivity contribution in [1.29, 1.82) is 0 Å². The van der Waals surface area contributed by atoms with E-state index in [0.717, 1.165) is 30.5 Å². The Morgan fingerprint density at radius 2 is 1.76 bits per heavy atom. The summed E-state index contributed by atoms with van der Waals surface area (Å²) in [7, 11) is 0. The van der Waals surface area contributed by atoms with Crippen molar-refractivity contribution in [3.05, 3.63) is 33.8 Å². The number of thiophene rings is 1. The maximum Gasteiger partial charge on any atom is 0.138 e. The fraction of sp³-hybridized carbons (Fsp3) is 0.500. The van der Waals surface area contributed by atoms with E-state index in [1.54, 1.807) is 0 Å². The van der Waals surface area contributed by atoms with Crippen molar-refractivity contribution < 1.29 is 0 Å². The molecule has 0 aliphatic heterocycles. The number of aromatic nitrogens is 2. The maximum atomic E-state index is 4.65. The van der Waals surface area contributed by atoms with Crippen molar-refractivity contribution in [2.45, 2.75) is 46.6 Å². The highest BCUT2D eigenvalue weighted by molar-refractivity contribution is 7.11. The third-order valence-electron chi connectivity index (χ3n) is 2.99. The van der Waals surface area contributed by atoms with Crippen molar-refractivity contribution in [2.24, 2.45) is 0 Å². The van der Waals surface area contributed by atoms with Crippen LogP contribution in [-0.2, 0) is 12.0 Å². The summed E-state index contributed by atoms with van der Waals surface area (Å²) < 4.78 is 0. The van der Waals surface area contributed by atoms with Gasteiger partial charge in [0.25, 0.3) is 0 Å². The van der Waals surface area contributed by atoms with Gasteiger partial charge in [-0.2, -0.15) is 0 Å². The number of hydrogen-bond donors (Lipinski definition) is 2. The van der Waals surface area contributed by atoms with Crippen LogP contribution in [0.3, 0.4) is 0 Å². The molecule has 0 radical (unpaired) electrons. The van der Waals surface area contributed by atoms with Crippen LogP contribution in [-0.4, -0.2) is 16.5 Å². The molecule has 2 rings (SSSR count). The van der Waals surface area contributed by atoms with Gasteiger partial charge in [-0.3, -0.25) is 0 Å². The lowest BCUT2D eigenvalue weighted by molar-refractivity contribution is 0.546. The van der Waals surface area contributed by atoms with Crippen LogP contribution in [0.5, 0.6) is 0 Å². The summed E-state index contributed by atoms with van der Waals surface area (Å²) >= 11 is 1.81. The van der Waals surface area contributed by atoms with E-state index in [4.69, 9.17) is 0 Å². The number of aryl methyl sites for hydroxylation is 1. The van der Waals surface area contributed by atoms with Gasteiger partial charge < -0.3 is 10.6 Å². The van der Waals surface area contributed by atoms with E-state index >= 15 is 0 Å². The van der Waals surface area contributed by atoms with Crippen LogP contribution in [0.1, 0.15) is 43.3 Å². The number of nitrogens with zero attached hydrogens (tertiary/aromatic N) is 2. The van der Waals surface area contributed by atoms with E-state index in [2.05, 4.69) is 67.4 Å². The monoisotopic (exact) mass is 304 g/mol. The Kier molecular flexibility index (Phi) is 4.83. The van der Waals surface area contributed by atoms with Crippen molar-refractivity contribution in [3.8, 4) is 0 Å². The normalized spacial score (nSPS) is 11.5. The zero-order valence-electron chi connectivity index (χ0n) is 13.4. The molecule has 0 saturated carbocycles. The lowest BCUT2D eigenvalue weighted by atomic mass is 9.96. The first-order valence-corrected chi connectivity index (χ1v) is 8.12. The van der Waals surface area contributed by atoms with Crippen LogP contribution in [0, 0.1) is 6.92 Å². The highest BCUT2D eigenvalue weighted by atomic mass is 32.1. The minimum atomic E-state index is -0.0681. The number of hydrogen-bond acceptors (Lipinski definition) is 5. The predicted octanol–water partition coefficient (Wildman–Crippen LogP) is 4.19. The van der Waals surface area contributed by atoms with Gasteiger partial charge in [-0.25, -0.2) is 9.97 Å². The predicted molar refractivity (Wildman–Crippen MR) is 91.3 cm³/mol. The smallest absolute Gasteiger partial charge is 0.138 e. The molecule has 0 atom stereocenters. The van der Waals surface area contributed by atoms with Gasteiger partial charge in [0.1, 0.15) is 17.5 Å². The van der Waals surface area contributed by atoms with E-state index in [1.165, 1.54) is 9.75 Å². The molecule has 0 spiro atoms. The summed E-state index contributed by atoms with van der Waals surface area (Å²) in [4.78, 5) is 11.9. The molecule has 5 heteroatoms. The van der Waals surface area contributed by atoms with Gasteiger partial charge in [0.2, 0.25) is 0 Å². The topological polar surface area (TPSA) is 49.8 Å². The Balaban J connectivity index is 2.19. The molecular weight excluding hydrogens is 280 g/mol. The number of anilines is 2. The second kappa shape index (κ2) is 6.43. The molecule has 2 N–H and O–H groups in total. The van der Waals surface area contributed by atoms with E-state index < -0.39 is 0 Å². The van der Waals surface area contributed by atoms with E-state index in [0.29, 0.717) is 0 Å². The van der Waals surface area contributed by atoms with Crippen LogP contribution in [0.2, 0.25) is 0 Å². The fourth-order valence-electron chi connectivity index (χ4n) is 1.90. The van der Waals surface area contributed by atoms with Crippen LogP contribution in [0.25, 0.3) is 0 Å². The first-order chi connectivity index (χ1) is 9.88. The summed E-state index contributed by atoms with van der Waals surface area (Å²) in [6, 6.07) is 6.27. The highest BCUT2D eigenvalue weighted by Gasteiger charge is 2.19. The summed E-state index contributed by atoms with van der Waals surface area (Å²) in [6.45, 7) is 12.2. The Bertz CT molecular complexity index is 599. The summed E-state index contributed by atoms with van der Waals surface area (Å²) in [6.07, 6.45) is 0. The third-order valence-corrected chi connectivity index (χ3v) is 4.00. The quantitative estimate of drug-likeness (QED) is 0.869. The lowest BCUT2D eigenvalue weighted by Gasteiger charge is -2.19. The zero-order chi connectivity index (χ0) is 15.5. The average Bonchev–Trinajstić information content (AvgIpc) is 2.81. The largest absolute Gasteiger partial charge is 0.370 e. The molecule has 114 valence electrons. The van der Waals surface area contributed by atoms with E-state index in [1.807, 2.05) is 17.4 Å². The van der Waals surface area contributed by atoms with E-state index in [9.17, 15) is 0 Å². The molecule has 4 nitrogen and oxygen atoms in total. The Morgan fingerprint density at radius 1 is 1.10 bits per heavy atom. The Morgan fingerprint density at radius 3 is 2.29 bits per heavy atom. The molecule has 0 aliphatic rings. The minimum absolute atomic E-state index is 0.0681. The van der Waals surface area contributed by atoms with E-state index in [-0.39, 0.29) is 5.41 Å². The maximum absolute atomic E-state index is 4.65. The van der Waals surface area contributed by atoms with Crippen molar-refractivity contribution in [1.82, 2.24) is 9.97 Å². The van der Waals surface area contributed by atoms with Gasteiger partial charge in [0, 0.05) is 27.8 Å². The molecule has 2 aromatic heterocycles. The zero-order valence-corrected chi connectivity index (χ0v) is 14.3. The van der Waals surface area contributed by atoms with Crippen LogP contribution in [0.15, 0.2) is 18.2 Å². The van der Waals surface area contributed by atoms with Crippen LogP contribution >= 0.6 is 11.3 Å². The molecule has 0 amide bonds. The molecule has 0 saturated heterocycles. The first-order valence-electron chi connectivity index (χ1n) is 7.31. The molecule has 0 aliphatic carbocycles. The lowest BCUT2D eigenvalue weighted by Crippen LogP contribution is -2.18. The third kappa shape index (κ3) is 4.43. The second-order valence-electron chi connectivity index (χ2n) is 6.11. The van der Waals surface area contributed by atoms with Crippen molar-refractivity contribution in [2.75, 3.05) is 17.2 Å². The molecule has 0 fully saturated rings. The summed E-state index contributed by atoms with van der Waals surface area (Å²) in [5, 5.41) is 6.68. The molecule has 0 unspecified atom stereocenters. The average molecular weight is 304 g/mol. The molecule has 0 aromatic carbocycles. The summed E-state index contributed by atoms with van der Waals surface area (Å²) in [5.41, 5.74) is -0.0681. The van der Waals surface area contributed by atoms with Gasteiger partial charge in [-0.1, -0.05) is 20.8 Å². The second-order valence-corrected chi connectivity index (χ2v) is 7.48. The Hall–Kier alpha value is -1.62. The Labute approximate surface area is 131 Å². The fourth-order valence-corrected chi connectivity index (χ4v) is 2.73. The highest BCUT2D eigenvalue weighted by Crippen LogP contribution is 2.23. The van der Waals surface area contributed by atoms with Crippen LogP contribution in [0.4, 0.5) is 11.6 Å². The van der Waals surface area contributed by atoms with Crippen molar-refractivity contribution >= 4 is 23.0 Å². The molecular formula is C16H24N4S. The van der Waals surface area contributed by atoms with Crippen molar-refractivity contribution in [3.63, 3.8) is 0 Å². The first kappa shape index (κ1) is 15.8. The van der Waals surface area contributed by atoms with Crippen LogP contribution < -0.4 is 10.6 Å². The molecule has 0 bridgehead atoms. The number of rotatable bonds is 5. The molecule has 21 heavy (non-hydrogen) atoms.